The zero-order chi connectivity index (χ0) is 12.3. The van der Waals surface area contributed by atoms with Crippen molar-refractivity contribution in [3.8, 4) is 0 Å². The number of nitrogens with zero attached hydrogens (tertiary/aromatic N) is 1. The molecule has 0 bridgehead atoms. The van der Waals surface area contributed by atoms with E-state index in [1.807, 2.05) is 0 Å². The van der Waals surface area contributed by atoms with Gasteiger partial charge in [0.2, 0.25) is 5.91 Å². The first-order valence-electron chi connectivity index (χ1n) is 6.21. The third kappa shape index (κ3) is 3.04. The summed E-state index contributed by atoms with van der Waals surface area (Å²) in [5.41, 5.74) is 6.44. The van der Waals surface area contributed by atoms with Crippen molar-refractivity contribution in [2.45, 2.75) is 39.0 Å². The number of rotatable bonds is 4. The highest BCUT2D eigenvalue weighted by Crippen LogP contribution is 2.33. The van der Waals surface area contributed by atoms with E-state index in [0.29, 0.717) is 5.13 Å². The lowest BCUT2D eigenvalue weighted by molar-refractivity contribution is -0.114. The van der Waals surface area contributed by atoms with E-state index < -0.39 is 0 Å². The average Bonchev–Trinajstić information content (AvgIpc) is 2.70. The number of hydrogen-bond donors (Lipinski definition) is 2. The van der Waals surface area contributed by atoms with Crippen LogP contribution in [0, 0.1) is 5.92 Å². The highest BCUT2D eigenvalue weighted by molar-refractivity contribution is 7.15. The summed E-state index contributed by atoms with van der Waals surface area (Å²) in [5.74, 6) is 0.632. The predicted octanol–water partition coefficient (Wildman–Crippen LogP) is 1.95. The Bertz CT molecular complexity index is 402. The third-order valence-corrected chi connectivity index (χ3v) is 4.21. The number of nitrogens with one attached hydrogen (secondary N) is 1. The van der Waals surface area contributed by atoms with Crippen molar-refractivity contribution in [1.82, 2.24) is 4.98 Å². The van der Waals surface area contributed by atoms with Crippen LogP contribution in [0.3, 0.4) is 0 Å². The molecule has 0 aromatic carbocycles. The maximum absolute atomic E-state index is 11.2. The minimum atomic E-state index is -0.166. The molecule has 1 unspecified atom stereocenters. The van der Waals surface area contributed by atoms with Gasteiger partial charge in [-0.05, 0) is 25.2 Å². The van der Waals surface area contributed by atoms with Gasteiger partial charge >= 0.3 is 0 Å². The number of carbonyl (C=O) groups excluding carboxylic acids is 1. The number of aryl methyl sites for hydroxylation is 1. The van der Waals surface area contributed by atoms with E-state index in [9.17, 15) is 4.79 Å². The maximum Gasteiger partial charge on any atom is 0.239 e. The smallest absolute Gasteiger partial charge is 0.239 e. The van der Waals surface area contributed by atoms with Crippen LogP contribution in [-0.2, 0) is 17.6 Å². The molecule has 1 amide bonds. The van der Waals surface area contributed by atoms with Gasteiger partial charge in [-0.15, -0.1) is 11.3 Å². The lowest BCUT2D eigenvalue weighted by atomic mass is 9.88. The van der Waals surface area contributed by atoms with Gasteiger partial charge in [-0.25, -0.2) is 4.98 Å². The molecule has 2 rings (SSSR count). The lowest BCUT2D eigenvalue weighted by Gasteiger charge is -2.19. The van der Waals surface area contributed by atoms with Crippen LogP contribution in [0.5, 0.6) is 0 Å². The van der Waals surface area contributed by atoms with Gasteiger partial charge in [0.05, 0.1) is 12.2 Å². The molecule has 4 nitrogen and oxygen atoms in total. The fourth-order valence-corrected chi connectivity index (χ4v) is 3.46. The Morgan fingerprint density at radius 3 is 3.18 bits per heavy atom. The highest BCUT2D eigenvalue weighted by Gasteiger charge is 2.22. The maximum atomic E-state index is 11.2. The van der Waals surface area contributed by atoms with Crippen LogP contribution >= 0.6 is 11.3 Å². The quantitative estimate of drug-likeness (QED) is 0.861. The van der Waals surface area contributed by atoms with Gasteiger partial charge in [-0.3, -0.25) is 4.79 Å². The number of hydrogen-bond acceptors (Lipinski definition) is 4. The van der Waals surface area contributed by atoms with Gasteiger partial charge in [0.1, 0.15) is 0 Å². The van der Waals surface area contributed by atoms with E-state index in [-0.39, 0.29) is 12.5 Å². The summed E-state index contributed by atoms with van der Waals surface area (Å²) in [5, 5.41) is 3.45. The summed E-state index contributed by atoms with van der Waals surface area (Å²) in [4.78, 5) is 17.0. The van der Waals surface area contributed by atoms with Crippen LogP contribution in [0.25, 0.3) is 0 Å². The molecular weight excluding hydrogens is 234 g/mol. The number of fused-ring (bicyclic) bond motifs is 1. The summed E-state index contributed by atoms with van der Waals surface area (Å²) in [6.07, 6.45) is 5.95. The molecular formula is C12H19N3OS. The van der Waals surface area contributed by atoms with E-state index in [1.54, 1.807) is 11.3 Å². The van der Waals surface area contributed by atoms with Crippen LogP contribution < -0.4 is 11.1 Å². The topological polar surface area (TPSA) is 68.0 Å². The molecule has 0 aliphatic heterocycles. The van der Waals surface area contributed by atoms with Crippen molar-refractivity contribution in [2.24, 2.45) is 11.7 Å². The molecule has 1 heterocycles. The molecule has 0 fully saturated rings. The van der Waals surface area contributed by atoms with E-state index in [4.69, 9.17) is 5.73 Å². The Balaban J connectivity index is 2.04. The lowest BCUT2D eigenvalue weighted by Crippen LogP contribution is -2.21. The van der Waals surface area contributed by atoms with Crippen LogP contribution in [0.15, 0.2) is 0 Å². The predicted molar refractivity (Wildman–Crippen MR) is 70.2 cm³/mol. The molecule has 0 radical (unpaired) electrons. The second kappa shape index (κ2) is 5.60. The molecule has 0 spiro atoms. The molecule has 3 N–H and O–H groups in total. The minimum Gasteiger partial charge on any atom is -0.322 e. The largest absolute Gasteiger partial charge is 0.322 e. The molecule has 1 aliphatic rings. The van der Waals surface area contributed by atoms with Crippen molar-refractivity contribution >= 4 is 22.4 Å². The van der Waals surface area contributed by atoms with Crippen LogP contribution in [0.2, 0.25) is 0 Å². The number of carbonyl (C=O) groups is 1. The first-order valence-corrected chi connectivity index (χ1v) is 7.03. The summed E-state index contributed by atoms with van der Waals surface area (Å²) < 4.78 is 0. The summed E-state index contributed by atoms with van der Waals surface area (Å²) in [6.45, 7) is 2.25. The van der Waals surface area contributed by atoms with E-state index >= 15 is 0 Å². The molecule has 1 aliphatic carbocycles. The normalized spacial score (nSPS) is 18.8. The second-order valence-electron chi connectivity index (χ2n) is 4.54. The van der Waals surface area contributed by atoms with Gasteiger partial charge in [0.25, 0.3) is 0 Å². The summed E-state index contributed by atoms with van der Waals surface area (Å²) in [7, 11) is 0. The Morgan fingerprint density at radius 2 is 2.47 bits per heavy atom. The highest BCUT2D eigenvalue weighted by atomic mass is 32.1. The summed E-state index contributed by atoms with van der Waals surface area (Å²) in [6, 6.07) is 0. The van der Waals surface area contributed by atoms with E-state index in [2.05, 4.69) is 17.2 Å². The standard InChI is InChI=1S/C12H19N3OS/c1-2-3-8-4-5-9-10(6-8)17-12(14-9)15-11(16)7-13/h8H,2-7,13H2,1H3,(H,14,15,16). The van der Waals surface area contributed by atoms with Gasteiger partial charge in [-0.2, -0.15) is 0 Å². The molecule has 17 heavy (non-hydrogen) atoms. The second-order valence-corrected chi connectivity index (χ2v) is 5.62. The van der Waals surface area contributed by atoms with Gasteiger partial charge < -0.3 is 11.1 Å². The Labute approximate surface area is 106 Å². The van der Waals surface area contributed by atoms with E-state index in [0.717, 1.165) is 18.8 Å². The minimum absolute atomic E-state index is 0.0166. The Morgan fingerprint density at radius 1 is 1.65 bits per heavy atom. The van der Waals surface area contributed by atoms with Crippen molar-refractivity contribution < 1.29 is 4.79 Å². The molecule has 5 heteroatoms. The van der Waals surface area contributed by atoms with Crippen molar-refractivity contribution in [3.63, 3.8) is 0 Å². The molecule has 94 valence electrons. The molecule has 1 aromatic rings. The first kappa shape index (κ1) is 12.5. The molecule has 1 atom stereocenters. The Kier molecular flexibility index (Phi) is 4.12. The van der Waals surface area contributed by atoms with Crippen molar-refractivity contribution in [3.05, 3.63) is 10.6 Å². The van der Waals surface area contributed by atoms with Gasteiger partial charge in [0, 0.05) is 4.88 Å². The first-order chi connectivity index (χ1) is 8.22. The van der Waals surface area contributed by atoms with Gasteiger partial charge in [-0.1, -0.05) is 19.8 Å². The number of aromatic nitrogens is 1. The van der Waals surface area contributed by atoms with Crippen molar-refractivity contribution in [1.29, 1.82) is 0 Å². The number of thiazole rings is 1. The fraction of sp³-hybridized carbons (Fsp3) is 0.667. The average molecular weight is 253 g/mol. The number of anilines is 1. The van der Waals surface area contributed by atoms with Gasteiger partial charge in [0.15, 0.2) is 5.13 Å². The van der Waals surface area contributed by atoms with E-state index in [1.165, 1.54) is 29.8 Å². The SMILES string of the molecule is CCCC1CCc2nc(NC(=O)CN)sc2C1. The number of nitrogens with two attached hydrogens (primary N) is 1. The van der Waals surface area contributed by atoms with Crippen LogP contribution in [0.4, 0.5) is 5.13 Å². The molecule has 0 saturated heterocycles. The zero-order valence-corrected chi connectivity index (χ0v) is 11.0. The van der Waals surface area contributed by atoms with Crippen molar-refractivity contribution in [2.75, 3.05) is 11.9 Å². The summed E-state index contributed by atoms with van der Waals surface area (Å²) >= 11 is 1.61. The molecule has 0 saturated carbocycles. The molecule has 1 aromatic heterocycles. The zero-order valence-electron chi connectivity index (χ0n) is 10.2. The monoisotopic (exact) mass is 253 g/mol. The van der Waals surface area contributed by atoms with Crippen LogP contribution in [0.1, 0.15) is 36.8 Å². The fourth-order valence-electron chi connectivity index (χ4n) is 2.32. The Hall–Kier alpha value is -0.940. The van der Waals surface area contributed by atoms with Crippen LogP contribution in [-0.4, -0.2) is 17.4 Å². The number of amides is 1. The third-order valence-electron chi connectivity index (χ3n) is 3.17.